The van der Waals surface area contributed by atoms with Crippen LogP contribution in [-0.2, 0) is 5.41 Å². The fourth-order valence-electron chi connectivity index (χ4n) is 2.93. The quantitative estimate of drug-likeness (QED) is 0.790. The molecule has 0 bridgehead atoms. The van der Waals surface area contributed by atoms with Crippen LogP contribution < -0.4 is 0 Å². The van der Waals surface area contributed by atoms with E-state index in [0.29, 0.717) is 0 Å². The molecule has 0 aliphatic heterocycles. The summed E-state index contributed by atoms with van der Waals surface area (Å²) in [5.41, 5.74) is 1.04. The van der Waals surface area contributed by atoms with Gasteiger partial charge >= 0.3 is 0 Å². The first-order valence-corrected chi connectivity index (χ1v) is 7.45. The van der Waals surface area contributed by atoms with Crippen molar-refractivity contribution in [1.82, 2.24) is 9.80 Å². The summed E-state index contributed by atoms with van der Waals surface area (Å²) in [7, 11) is 8.33. The lowest BCUT2D eigenvalue weighted by atomic mass is 9.71. The summed E-state index contributed by atoms with van der Waals surface area (Å²) >= 11 is 0. The van der Waals surface area contributed by atoms with Crippen molar-refractivity contribution in [2.24, 2.45) is 0 Å². The topological polar surface area (TPSA) is 26.7 Å². The first-order chi connectivity index (χ1) is 9.42. The van der Waals surface area contributed by atoms with Gasteiger partial charge in [-0.1, -0.05) is 37.3 Å². The van der Waals surface area contributed by atoms with Crippen molar-refractivity contribution >= 4 is 0 Å². The fraction of sp³-hybridized carbons (Fsp3) is 0.647. The SMILES string of the molecule is CC[C@H](O)[C@](CCN(C)C)(CN(C)C)c1ccccc1. The normalized spacial score (nSPS) is 16.4. The molecule has 1 aromatic rings. The second-order valence-corrected chi connectivity index (χ2v) is 6.24. The molecule has 0 amide bonds. The van der Waals surface area contributed by atoms with Crippen LogP contribution in [0.5, 0.6) is 0 Å². The molecule has 0 aliphatic carbocycles. The lowest BCUT2D eigenvalue weighted by molar-refractivity contribution is 0.0478. The highest BCUT2D eigenvalue weighted by molar-refractivity contribution is 5.28. The number of nitrogens with zero attached hydrogens (tertiary/aromatic N) is 2. The van der Waals surface area contributed by atoms with E-state index in [1.165, 1.54) is 5.56 Å². The van der Waals surface area contributed by atoms with Gasteiger partial charge in [0.05, 0.1) is 6.10 Å². The molecule has 0 radical (unpaired) electrons. The van der Waals surface area contributed by atoms with E-state index in [1.54, 1.807) is 0 Å². The maximum atomic E-state index is 10.7. The molecule has 0 aromatic heterocycles. The van der Waals surface area contributed by atoms with Gasteiger partial charge in [-0.05, 0) is 53.1 Å². The minimum atomic E-state index is -0.327. The van der Waals surface area contributed by atoms with Crippen LogP contribution in [0.3, 0.4) is 0 Å². The van der Waals surface area contributed by atoms with E-state index in [1.807, 2.05) is 6.07 Å². The zero-order valence-electron chi connectivity index (χ0n) is 13.6. The third-order valence-corrected chi connectivity index (χ3v) is 3.98. The molecular weight excluding hydrogens is 248 g/mol. The summed E-state index contributed by atoms with van der Waals surface area (Å²) in [5, 5.41) is 10.7. The number of hydrogen-bond acceptors (Lipinski definition) is 3. The van der Waals surface area contributed by atoms with E-state index >= 15 is 0 Å². The molecule has 0 spiro atoms. The molecule has 3 nitrogen and oxygen atoms in total. The van der Waals surface area contributed by atoms with Crippen LogP contribution >= 0.6 is 0 Å². The summed E-state index contributed by atoms with van der Waals surface area (Å²) in [6.07, 6.45) is 1.40. The number of rotatable bonds is 8. The molecule has 1 rings (SSSR count). The number of aliphatic hydroxyl groups excluding tert-OH is 1. The van der Waals surface area contributed by atoms with Crippen molar-refractivity contribution in [3.05, 3.63) is 35.9 Å². The van der Waals surface area contributed by atoms with Crippen molar-refractivity contribution in [3.63, 3.8) is 0 Å². The van der Waals surface area contributed by atoms with E-state index in [-0.39, 0.29) is 11.5 Å². The lowest BCUT2D eigenvalue weighted by Gasteiger charge is -2.41. The van der Waals surface area contributed by atoms with Gasteiger partial charge in [-0.3, -0.25) is 0 Å². The minimum Gasteiger partial charge on any atom is -0.392 e. The second kappa shape index (κ2) is 7.77. The monoisotopic (exact) mass is 278 g/mol. The van der Waals surface area contributed by atoms with Gasteiger partial charge in [0, 0.05) is 12.0 Å². The Balaban J connectivity index is 3.18. The number of aliphatic hydroxyl groups is 1. The predicted octanol–water partition coefficient (Wildman–Crippen LogP) is 2.21. The first kappa shape index (κ1) is 17.2. The smallest absolute Gasteiger partial charge is 0.0647 e. The Morgan fingerprint density at radius 2 is 1.65 bits per heavy atom. The van der Waals surface area contributed by atoms with Gasteiger partial charge in [0.15, 0.2) is 0 Å². The Morgan fingerprint density at radius 3 is 2.10 bits per heavy atom. The van der Waals surface area contributed by atoms with E-state index in [0.717, 1.165) is 25.9 Å². The van der Waals surface area contributed by atoms with Crippen LogP contribution in [0.15, 0.2) is 30.3 Å². The van der Waals surface area contributed by atoms with Crippen LogP contribution in [0.25, 0.3) is 0 Å². The molecule has 1 aromatic carbocycles. The van der Waals surface area contributed by atoms with Crippen molar-refractivity contribution in [2.45, 2.75) is 31.3 Å². The van der Waals surface area contributed by atoms with E-state index < -0.39 is 0 Å². The highest BCUT2D eigenvalue weighted by Gasteiger charge is 2.38. The van der Waals surface area contributed by atoms with Crippen LogP contribution in [0.4, 0.5) is 0 Å². The van der Waals surface area contributed by atoms with Crippen LogP contribution in [0, 0.1) is 0 Å². The van der Waals surface area contributed by atoms with Crippen molar-refractivity contribution in [3.8, 4) is 0 Å². The Morgan fingerprint density at radius 1 is 1.05 bits per heavy atom. The van der Waals surface area contributed by atoms with Gasteiger partial charge in [0.2, 0.25) is 0 Å². The van der Waals surface area contributed by atoms with Gasteiger partial charge in [-0.15, -0.1) is 0 Å². The molecule has 1 N–H and O–H groups in total. The maximum absolute atomic E-state index is 10.7. The Hall–Kier alpha value is -0.900. The average molecular weight is 278 g/mol. The molecule has 0 heterocycles. The lowest BCUT2D eigenvalue weighted by Crippen LogP contribution is -2.48. The van der Waals surface area contributed by atoms with E-state index in [2.05, 4.69) is 69.2 Å². The van der Waals surface area contributed by atoms with E-state index in [9.17, 15) is 5.11 Å². The van der Waals surface area contributed by atoms with Crippen LogP contribution in [-0.4, -0.2) is 62.3 Å². The molecule has 114 valence electrons. The molecule has 0 aliphatic rings. The van der Waals surface area contributed by atoms with Crippen LogP contribution in [0.1, 0.15) is 25.3 Å². The zero-order valence-corrected chi connectivity index (χ0v) is 13.6. The minimum absolute atomic E-state index is 0.205. The van der Waals surface area contributed by atoms with Crippen molar-refractivity contribution in [1.29, 1.82) is 0 Å². The third kappa shape index (κ3) is 4.30. The first-order valence-electron chi connectivity index (χ1n) is 7.45. The summed E-state index contributed by atoms with van der Waals surface area (Å²) < 4.78 is 0. The fourth-order valence-corrected chi connectivity index (χ4v) is 2.93. The van der Waals surface area contributed by atoms with Gasteiger partial charge in [-0.25, -0.2) is 0 Å². The summed E-state index contributed by atoms with van der Waals surface area (Å²) in [5.74, 6) is 0. The predicted molar refractivity (Wildman–Crippen MR) is 86.1 cm³/mol. The maximum Gasteiger partial charge on any atom is 0.0647 e. The summed E-state index contributed by atoms with van der Waals surface area (Å²) in [6, 6.07) is 10.5. The second-order valence-electron chi connectivity index (χ2n) is 6.24. The van der Waals surface area contributed by atoms with Gasteiger partial charge in [-0.2, -0.15) is 0 Å². The number of likely N-dealkylation sites (N-methyl/N-ethyl adjacent to an activating group) is 1. The van der Waals surface area contributed by atoms with Gasteiger partial charge in [0.1, 0.15) is 0 Å². The Labute approximate surface area is 124 Å². The van der Waals surface area contributed by atoms with Crippen LogP contribution in [0.2, 0.25) is 0 Å². The molecular formula is C17H30N2O. The largest absolute Gasteiger partial charge is 0.392 e. The number of hydrogen-bond donors (Lipinski definition) is 1. The third-order valence-electron chi connectivity index (χ3n) is 3.98. The zero-order chi connectivity index (χ0) is 15.2. The number of benzene rings is 1. The van der Waals surface area contributed by atoms with Crippen molar-refractivity contribution < 1.29 is 5.11 Å². The standard InChI is InChI=1S/C17H30N2O/c1-6-16(20)17(14-19(4)5,12-13-18(2)3)15-10-8-7-9-11-15/h7-11,16,20H,6,12-14H2,1-5H3/t16-,17+/m0/s1. The molecule has 3 heteroatoms. The molecule has 20 heavy (non-hydrogen) atoms. The highest BCUT2D eigenvalue weighted by Crippen LogP contribution is 2.34. The molecule has 0 unspecified atom stereocenters. The Bertz CT molecular complexity index is 378. The summed E-state index contributed by atoms with van der Waals surface area (Å²) in [6.45, 7) is 3.90. The molecule has 0 fully saturated rings. The summed E-state index contributed by atoms with van der Waals surface area (Å²) in [4.78, 5) is 4.37. The molecule has 2 atom stereocenters. The average Bonchev–Trinajstić information content (AvgIpc) is 2.43. The van der Waals surface area contributed by atoms with Gasteiger partial charge in [0.25, 0.3) is 0 Å². The molecule has 0 saturated carbocycles. The highest BCUT2D eigenvalue weighted by atomic mass is 16.3. The molecule has 0 saturated heterocycles. The van der Waals surface area contributed by atoms with Crippen molar-refractivity contribution in [2.75, 3.05) is 41.3 Å². The van der Waals surface area contributed by atoms with E-state index in [4.69, 9.17) is 0 Å². The van der Waals surface area contributed by atoms with Gasteiger partial charge < -0.3 is 14.9 Å². The Kier molecular flexibility index (Phi) is 6.66.